The van der Waals surface area contributed by atoms with Gasteiger partial charge in [0.2, 0.25) is 0 Å². The first-order chi connectivity index (χ1) is 14.5. The summed E-state index contributed by atoms with van der Waals surface area (Å²) in [6.07, 6.45) is 3.13. The van der Waals surface area contributed by atoms with E-state index in [4.69, 9.17) is 0 Å². The van der Waals surface area contributed by atoms with Crippen molar-refractivity contribution < 1.29 is 9.59 Å². The van der Waals surface area contributed by atoms with E-state index >= 15 is 0 Å². The Morgan fingerprint density at radius 1 is 0.667 bits per heavy atom. The van der Waals surface area contributed by atoms with Crippen molar-refractivity contribution in [3.05, 3.63) is 106 Å². The number of carbonyl (C=O) groups is 2. The molecule has 0 aliphatic heterocycles. The predicted molar refractivity (Wildman–Crippen MR) is 119 cm³/mol. The van der Waals surface area contributed by atoms with Gasteiger partial charge in [-0.25, -0.2) is 10.9 Å². The molecule has 3 aromatic rings. The molecule has 3 aromatic carbocycles. The van der Waals surface area contributed by atoms with Crippen LogP contribution in [-0.2, 0) is 0 Å². The molecule has 0 spiro atoms. The highest BCUT2D eigenvalue weighted by atomic mass is 16.2. The van der Waals surface area contributed by atoms with Gasteiger partial charge in [-0.15, -0.1) is 0 Å². The fourth-order valence-corrected chi connectivity index (χ4v) is 2.70. The van der Waals surface area contributed by atoms with Crippen LogP contribution in [0.3, 0.4) is 0 Å². The fourth-order valence-electron chi connectivity index (χ4n) is 2.70. The lowest BCUT2D eigenvalue weighted by Gasteiger charge is -2.01. The number of carbonyl (C=O) groups excluding carboxylic acids is 2. The fraction of sp³-hybridized carbons (Fsp3) is 0.0833. The minimum atomic E-state index is -0.261. The summed E-state index contributed by atoms with van der Waals surface area (Å²) in [5.74, 6) is -0.522. The van der Waals surface area contributed by atoms with Crippen molar-refractivity contribution in [2.75, 3.05) is 0 Å². The van der Waals surface area contributed by atoms with Crippen LogP contribution in [0.15, 0.2) is 83.0 Å². The standard InChI is InChI=1S/C24H22N4O2/c1-17-5-3-7-21(13-17)23(29)27-25-15-19-9-11-20(12-10-19)16-26-28-24(30)22-8-4-6-18(2)14-22/h3-16H,1-2H3,(H,27,29)(H,28,30)/b25-15+,26-16+. The Morgan fingerprint density at radius 3 is 1.43 bits per heavy atom. The van der Waals surface area contributed by atoms with Gasteiger partial charge in [-0.05, 0) is 49.2 Å². The maximum atomic E-state index is 12.1. The van der Waals surface area contributed by atoms with Gasteiger partial charge < -0.3 is 0 Å². The van der Waals surface area contributed by atoms with Crippen LogP contribution < -0.4 is 10.9 Å². The Labute approximate surface area is 175 Å². The number of nitrogens with one attached hydrogen (secondary N) is 2. The van der Waals surface area contributed by atoms with Gasteiger partial charge in [-0.2, -0.15) is 10.2 Å². The molecule has 0 bridgehead atoms. The molecule has 0 fully saturated rings. The number of benzene rings is 3. The lowest BCUT2D eigenvalue weighted by Crippen LogP contribution is -2.17. The van der Waals surface area contributed by atoms with Crippen LogP contribution in [0.25, 0.3) is 0 Å². The molecule has 0 heterocycles. The first kappa shape index (κ1) is 20.7. The predicted octanol–water partition coefficient (Wildman–Crippen LogP) is 3.83. The molecule has 0 aromatic heterocycles. The van der Waals surface area contributed by atoms with E-state index < -0.39 is 0 Å². The van der Waals surface area contributed by atoms with Crippen LogP contribution in [0.2, 0.25) is 0 Å². The molecule has 150 valence electrons. The Hall–Kier alpha value is -4.06. The zero-order valence-electron chi connectivity index (χ0n) is 16.8. The summed E-state index contributed by atoms with van der Waals surface area (Å²) in [6.45, 7) is 3.86. The van der Waals surface area contributed by atoms with Gasteiger partial charge in [0.25, 0.3) is 11.8 Å². The minimum Gasteiger partial charge on any atom is -0.267 e. The number of hydrogen-bond acceptors (Lipinski definition) is 4. The van der Waals surface area contributed by atoms with Crippen molar-refractivity contribution >= 4 is 24.2 Å². The molecule has 2 N–H and O–H groups in total. The van der Waals surface area contributed by atoms with Crippen LogP contribution in [0.4, 0.5) is 0 Å². The Morgan fingerprint density at radius 2 is 1.07 bits per heavy atom. The van der Waals surface area contributed by atoms with E-state index in [0.717, 1.165) is 22.3 Å². The maximum absolute atomic E-state index is 12.1. The first-order valence-electron chi connectivity index (χ1n) is 9.41. The van der Waals surface area contributed by atoms with E-state index in [1.807, 2.05) is 62.4 Å². The normalized spacial score (nSPS) is 11.0. The van der Waals surface area contributed by atoms with Crippen molar-refractivity contribution in [2.24, 2.45) is 10.2 Å². The second kappa shape index (κ2) is 9.93. The van der Waals surface area contributed by atoms with Crippen molar-refractivity contribution in [1.82, 2.24) is 10.9 Å². The largest absolute Gasteiger partial charge is 0.271 e. The first-order valence-corrected chi connectivity index (χ1v) is 9.41. The summed E-state index contributed by atoms with van der Waals surface area (Å²) in [5, 5.41) is 7.98. The van der Waals surface area contributed by atoms with E-state index in [0.29, 0.717) is 11.1 Å². The topological polar surface area (TPSA) is 82.9 Å². The number of aryl methyl sites for hydroxylation is 2. The van der Waals surface area contributed by atoms with Gasteiger partial charge in [0, 0.05) is 11.1 Å². The molecule has 0 saturated carbocycles. The maximum Gasteiger partial charge on any atom is 0.271 e. The smallest absolute Gasteiger partial charge is 0.267 e. The van der Waals surface area contributed by atoms with Crippen molar-refractivity contribution in [3.63, 3.8) is 0 Å². The van der Waals surface area contributed by atoms with Gasteiger partial charge in [0.05, 0.1) is 12.4 Å². The monoisotopic (exact) mass is 398 g/mol. The van der Waals surface area contributed by atoms with E-state index in [2.05, 4.69) is 21.1 Å². The number of hydrazone groups is 2. The highest BCUT2D eigenvalue weighted by molar-refractivity contribution is 5.96. The number of rotatable bonds is 6. The average molecular weight is 398 g/mol. The molecule has 0 atom stereocenters. The van der Waals surface area contributed by atoms with Crippen molar-refractivity contribution in [1.29, 1.82) is 0 Å². The van der Waals surface area contributed by atoms with Gasteiger partial charge in [0.15, 0.2) is 0 Å². The van der Waals surface area contributed by atoms with Gasteiger partial charge >= 0.3 is 0 Å². The minimum absolute atomic E-state index is 0.261. The number of amides is 2. The quantitative estimate of drug-likeness (QED) is 0.489. The molecule has 0 radical (unpaired) electrons. The third-order valence-electron chi connectivity index (χ3n) is 4.26. The molecule has 30 heavy (non-hydrogen) atoms. The summed E-state index contributed by atoms with van der Waals surface area (Å²) in [5.41, 5.74) is 9.81. The molecule has 6 heteroatoms. The van der Waals surface area contributed by atoms with Crippen molar-refractivity contribution in [3.8, 4) is 0 Å². The summed E-state index contributed by atoms with van der Waals surface area (Å²) in [6, 6.07) is 22.0. The zero-order chi connectivity index (χ0) is 21.3. The van der Waals surface area contributed by atoms with Gasteiger partial charge in [-0.3, -0.25) is 9.59 Å². The van der Waals surface area contributed by atoms with Crippen LogP contribution in [-0.4, -0.2) is 24.2 Å². The Bertz CT molecular complexity index is 1010. The second-order valence-electron chi connectivity index (χ2n) is 6.80. The lowest BCUT2D eigenvalue weighted by molar-refractivity contribution is 0.0947. The number of hydrogen-bond donors (Lipinski definition) is 2. The van der Waals surface area contributed by atoms with E-state index in [1.54, 1.807) is 36.7 Å². The van der Waals surface area contributed by atoms with Crippen LogP contribution in [0.1, 0.15) is 43.0 Å². The van der Waals surface area contributed by atoms with Gasteiger partial charge in [0.1, 0.15) is 0 Å². The number of nitrogens with zero attached hydrogens (tertiary/aromatic N) is 2. The van der Waals surface area contributed by atoms with Crippen LogP contribution in [0, 0.1) is 13.8 Å². The molecular formula is C24H22N4O2. The molecule has 0 aliphatic rings. The summed E-state index contributed by atoms with van der Waals surface area (Å²) in [7, 11) is 0. The molecule has 0 unspecified atom stereocenters. The third-order valence-corrected chi connectivity index (χ3v) is 4.26. The summed E-state index contributed by atoms with van der Waals surface area (Å²) < 4.78 is 0. The molecular weight excluding hydrogens is 376 g/mol. The van der Waals surface area contributed by atoms with E-state index in [1.165, 1.54) is 0 Å². The molecule has 0 aliphatic carbocycles. The molecule has 2 amide bonds. The summed E-state index contributed by atoms with van der Waals surface area (Å²) in [4.78, 5) is 24.1. The van der Waals surface area contributed by atoms with Crippen molar-refractivity contribution in [2.45, 2.75) is 13.8 Å². The molecule has 3 rings (SSSR count). The lowest BCUT2D eigenvalue weighted by atomic mass is 10.1. The molecule has 6 nitrogen and oxygen atoms in total. The second-order valence-corrected chi connectivity index (χ2v) is 6.80. The van der Waals surface area contributed by atoms with Crippen LogP contribution in [0.5, 0.6) is 0 Å². The molecule has 0 saturated heterocycles. The summed E-state index contributed by atoms with van der Waals surface area (Å²) >= 11 is 0. The SMILES string of the molecule is Cc1cccc(C(=O)N/N=C/c2ccc(/C=N/NC(=O)c3cccc(C)c3)cc2)c1. The zero-order valence-corrected chi connectivity index (χ0v) is 16.8. The average Bonchev–Trinajstić information content (AvgIpc) is 2.74. The highest BCUT2D eigenvalue weighted by Crippen LogP contribution is 2.05. The van der Waals surface area contributed by atoms with Crippen LogP contribution >= 0.6 is 0 Å². The Kier molecular flexibility index (Phi) is 6.84. The Balaban J connectivity index is 1.52. The highest BCUT2D eigenvalue weighted by Gasteiger charge is 2.04. The van der Waals surface area contributed by atoms with Gasteiger partial charge in [-0.1, -0.05) is 59.7 Å². The van der Waals surface area contributed by atoms with E-state index in [-0.39, 0.29) is 11.8 Å². The third kappa shape index (κ3) is 5.97. The van der Waals surface area contributed by atoms with E-state index in [9.17, 15) is 9.59 Å².